The third kappa shape index (κ3) is 6.81. The van der Waals surface area contributed by atoms with Crippen LogP contribution < -0.4 is 5.32 Å². The Morgan fingerprint density at radius 1 is 1.29 bits per heavy atom. The Morgan fingerprint density at radius 3 is 2.71 bits per heavy atom. The lowest BCUT2D eigenvalue weighted by molar-refractivity contribution is 0.120. The third-order valence-electron chi connectivity index (χ3n) is 2.74. The van der Waals surface area contributed by atoms with Crippen LogP contribution in [0.2, 0.25) is 0 Å². The van der Waals surface area contributed by atoms with Crippen molar-refractivity contribution in [3.8, 4) is 0 Å². The summed E-state index contributed by atoms with van der Waals surface area (Å²) in [4.78, 5) is 0. The van der Waals surface area contributed by atoms with Gasteiger partial charge >= 0.3 is 0 Å². The fraction of sp³-hybridized carbons (Fsp3) is 0.571. The van der Waals surface area contributed by atoms with E-state index >= 15 is 0 Å². The second-order valence-corrected chi connectivity index (χ2v) is 4.87. The van der Waals surface area contributed by atoms with Gasteiger partial charge in [0.15, 0.2) is 0 Å². The van der Waals surface area contributed by atoms with Crippen LogP contribution in [0.1, 0.15) is 25.3 Å². The highest BCUT2D eigenvalue weighted by Crippen LogP contribution is 2.01. The summed E-state index contributed by atoms with van der Waals surface area (Å²) in [6.45, 7) is 4.62. The molecule has 1 aromatic carbocycles. The Bertz CT molecular complexity index is 279. The summed E-state index contributed by atoms with van der Waals surface area (Å²) in [5.74, 6) is 0. The molecule has 0 saturated heterocycles. The van der Waals surface area contributed by atoms with E-state index in [2.05, 4.69) is 40.3 Å². The van der Waals surface area contributed by atoms with Crippen molar-refractivity contribution in [1.82, 2.24) is 5.32 Å². The molecule has 0 aromatic heterocycles. The molecule has 0 aliphatic heterocycles. The topological polar surface area (TPSA) is 21.3 Å². The van der Waals surface area contributed by atoms with Crippen molar-refractivity contribution < 1.29 is 4.74 Å². The molecule has 1 aromatic rings. The molecule has 0 heterocycles. The molecule has 0 spiro atoms. The van der Waals surface area contributed by atoms with Crippen molar-refractivity contribution in [1.29, 1.82) is 0 Å². The van der Waals surface area contributed by atoms with E-state index in [1.54, 1.807) is 0 Å². The molecule has 1 atom stereocenters. The first-order valence-electron chi connectivity index (χ1n) is 6.27. The summed E-state index contributed by atoms with van der Waals surface area (Å²) >= 11 is 3.47. The number of alkyl halides is 1. The van der Waals surface area contributed by atoms with Crippen molar-refractivity contribution in [2.45, 2.75) is 32.4 Å². The molecule has 0 fully saturated rings. The lowest BCUT2D eigenvalue weighted by Gasteiger charge is -2.15. The third-order valence-corrected chi connectivity index (χ3v) is 3.20. The second-order valence-electron chi connectivity index (χ2n) is 4.08. The number of hydrogen-bond donors (Lipinski definition) is 1. The predicted octanol–water partition coefficient (Wildman–Crippen LogP) is 3.36. The largest absolute Gasteiger partial charge is 0.375 e. The standard InChI is InChI=1S/C14H22BrNO/c1-2-14(8-9-15)16-10-11-17-12-13-6-4-3-5-7-13/h3-7,14,16H,2,8-12H2,1H3. The fourth-order valence-electron chi connectivity index (χ4n) is 1.68. The van der Waals surface area contributed by atoms with Gasteiger partial charge in [-0.05, 0) is 18.4 Å². The Morgan fingerprint density at radius 2 is 2.06 bits per heavy atom. The first-order valence-corrected chi connectivity index (χ1v) is 7.40. The Hall–Kier alpha value is -0.380. The molecule has 0 radical (unpaired) electrons. The maximum absolute atomic E-state index is 5.62. The normalized spacial score (nSPS) is 12.6. The molecular weight excluding hydrogens is 278 g/mol. The molecule has 1 unspecified atom stereocenters. The highest BCUT2D eigenvalue weighted by molar-refractivity contribution is 9.09. The van der Waals surface area contributed by atoms with Gasteiger partial charge in [-0.1, -0.05) is 53.2 Å². The highest BCUT2D eigenvalue weighted by atomic mass is 79.9. The smallest absolute Gasteiger partial charge is 0.0717 e. The minimum absolute atomic E-state index is 0.606. The average Bonchev–Trinajstić information content (AvgIpc) is 2.38. The van der Waals surface area contributed by atoms with Gasteiger partial charge in [0.1, 0.15) is 0 Å². The van der Waals surface area contributed by atoms with Gasteiger partial charge in [0, 0.05) is 17.9 Å². The lowest BCUT2D eigenvalue weighted by atomic mass is 10.2. The maximum Gasteiger partial charge on any atom is 0.0717 e. The zero-order chi connectivity index (χ0) is 12.3. The van der Waals surface area contributed by atoms with E-state index in [1.807, 2.05) is 18.2 Å². The van der Waals surface area contributed by atoms with Crippen LogP contribution in [0, 0.1) is 0 Å². The van der Waals surface area contributed by atoms with Crippen LogP contribution in [0.25, 0.3) is 0 Å². The molecule has 0 amide bonds. The predicted molar refractivity (Wildman–Crippen MR) is 76.6 cm³/mol. The van der Waals surface area contributed by atoms with E-state index in [9.17, 15) is 0 Å². The Balaban J connectivity index is 2.04. The molecule has 0 aliphatic rings. The highest BCUT2D eigenvalue weighted by Gasteiger charge is 2.03. The van der Waals surface area contributed by atoms with Crippen LogP contribution in [-0.4, -0.2) is 24.5 Å². The fourth-order valence-corrected chi connectivity index (χ4v) is 2.23. The van der Waals surface area contributed by atoms with E-state index in [0.717, 1.165) is 18.5 Å². The quantitative estimate of drug-likeness (QED) is 0.558. The van der Waals surface area contributed by atoms with Crippen molar-refractivity contribution in [2.24, 2.45) is 0 Å². The zero-order valence-electron chi connectivity index (χ0n) is 10.5. The van der Waals surface area contributed by atoms with Crippen molar-refractivity contribution in [2.75, 3.05) is 18.5 Å². The Labute approximate surface area is 113 Å². The number of ether oxygens (including phenoxy) is 1. The van der Waals surface area contributed by atoms with Gasteiger partial charge in [-0.3, -0.25) is 0 Å². The van der Waals surface area contributed by atoms with Gasteiger partial charge in [-0.15, -0.1) is 0 Å². The maximum atomic E-state index is 5.62. The van der Waals surface area contributed by atoms with Gasteiger partial charge < -0.3 is 10.1 Å². The summed E-state index contributed by atoms with van der Waals surface area (Å²) < 4.78 is 5.62. The molecule has 1 rings (SSSR count). The molecule has 2 nitrogen and oxygen atoms in total. The van der Waals surface area contributed by atoms with Crippen LogP contribution in [0.15, 0.2) is 30.3 Å². The number of hydrogen-bond acceptors (Lipinski definition) is 2. The van der Waals surface area contributed by atoms with Crippen molar-refractivity contribution >= 4 is 15.9 Å². The monoisotopic (exact) mass is 299 g/mol. The number of nitrogens with one attached hydrogen (secondary N) is 1. The van der Waals surface area contributed by atoms with E-state index in [0.29, 0.717) is 12.6 Å². The van der Waals surface area contributed by atoms with E-state index in [1.165, 1.54) is 18.4 Å². The molecule has 0 saturated carbocycles. The minimum atomic E-state index is 0.606. The molecule has 96 valence electrons. The number of halogens is 1. The van der Waals surface area contributed by atoms with E-state index in [4.69, 9.17) is 4.74 Å². The molecule has 3 heteroatoms. The van der Waals surface area contributed by atoms with Crippen LogP contribution in [0.3, 0.4) is 0 Å². The molecule has 0 aliphatic carbocycles. The van der Waals surface area contributed by atoms with E-state index in [-0.39, 0.29) is 0 Å². The number of benzene rings is 1. The van der Waals surface area contributed by atoms with E-state index < -0.39 is 0 Å². The first kappa shape index (κ1) is 14.7. The summed E-state index contributed by atoms with van der Waals surface area (Å²) in [6, 6.07) is 10.9. The second kappa shape index (κ2) is 9.63. The average molecular weight is 300 g/mol. The van der Waals surface area contributed by atoms with Gasteiger partial charge in [0.05, 0.1) is 13.2 Å². The first-order chi connectivity index (χ1) is 8.36. The molecular formula is C14H22BrNO. The molecule has 17 heavy (non-hydrogen) atoms. The van der Waals surface area contributed by atoms with Crippen molar-refractivity contribution in [3.63, 3.8) is 0 Å². The Kier molecular flexibility index (Phi) is 8.32. The summed E-state index contributed by atoms with van der Waals surface area (Å²) in [6.07, 6.45) is 2.35. The van der Waals surface area contributed by atoms with Gasteiger partial charge in [0.2, 0.25) is 0 Å². The van der Waals surface area contributed by atoms with Gasteiger partial charge in [-0.2, -0.15) is 0 Å². The van der Waals surface area contributed by atoms with Crippen LogP contribution in [-0.2, 0) is 11.3 Å². The summed E-state index contributed by atoms with van der Waals surface area (Å²) in [7, 11) is 0. The van der Waals surface area contributed by atoms with Gasteiger partial charge in [-0.25, -0.2) is 0 Å². The van der Waals surface area contributed by atoms with Crippen LogP contribution in [0.5, 0.6) is 0 Å². The SMILES string of the molecule is CCC(CCBr)NCCOCc1ccccc1. The lowest BCUT2D eigenvalue weighted by Crippen LogP contribution is -2.31. The number of rotatable bonds is 9. The van der Waals surface area contributed by atoms with Gasteiger partial charge in [0.25, 0.3) is 0 Å². The van der Waals surface area contributed by atoms with Crippen LogP contribution in [0.4, 0.5) is 0 Å². The van der Waals surface area contributed by atoms with Crippen LogP contribution >= 0.6 is 15.9 Å². The minimum Gasteiger partial charge on any atom is -0.375 e. The summed E-state index contributed by atoms with van der Waals surface area (Å²) in [5, 5.41) is 4.56. The van der Waals surface area contributed by atoms with Crippen molar-refractivity contribution in [3.05, 3.63) is 35.9 Å². The molecule has 0 bridgehead atoms. The molecule has 1 N–H and O–H groups in total. The zero-order valence-corrected chi connectivity index (χ0v) is 12.1. The summed E-state index contributed by atoms with van der Waals surface area (Å²) in [5.41, 5.74) is 1.24.